The predicted octanol–water partition coefficient (Wildman–Crippen LogP) is 1.52. The summed E-state index contributed by atoms with van der Waals surface area (Å²) >= 11 is 0. The minimum Gasteiger partial charge on any atom is -0.311 e. The second-order valence-electron chi connectivity index (χ2n) is 1.64. The van der Waals surface area contributed by atoms with Gasteiger partial charge in [-0.1, -0.05) is 12.2 Å². The van der Waals surface area contributed by atoms with E-state index in [2.05, 4.69) is 15.6 Å². The molecule has 0 fully saturated rings. The molecular formula is C6H12N4. The molecule has 0 aliphatic rings. The van der Waals surface area contributed by atoms with Gasteiger partial charge in [-0.2, -0.15) is 5.10 Å². The number of nitrogens with one attached hydrogen (secondary N) is 2. The molecule has 0 saturated carbocycles. The third kappa shape index (κ3) is 3.77. The van der Waals surface area contributed by atoms with Gasteiger partial charge in [0.15, 0.2) is 5.84 Å². The van der Waals surface area contributed by atoms with E-state index in [4.69, 9.17) is 5.53 Å². The number of hydrazone groups is 1. The molecule has 4 heteroatoms. The Morgan fingerprint density at radius 3 is 2.80 bits per heavy atom. The van der Waals surface area contributed by atoms with E-state index < -0.39 is 0 Å². The monoisotopic (exact) mass is 140 g/mol. The van der Waals surface area contributed by atoms with Crippen molar-refractivity contribution in [2.45, 2.75) is 13.3 Å². The van der Waals surface area contributed by atoms with Crippen molar-refractivity contribution >= 4 is 5.84 Å². The van der Waals surface area contributed by atoms with Crippen molar-refractivity contribution in [3.8, 4) is 0 Å². The summed E-state index contributed by atoms with van der Waals surface area (Å²) in [4.78, 5) is 0. The van der Waals surface area contributed by atoms with E-state index in [1.165, 1.54) is 0 Å². The summed E-state index contributed by atoms with van der Waals surface area (Å²) in [6.45, 7) is 1.92. The van der Waals surface area contributed by atoms with Crippen LogP contribution in [0.4, 0.5) is 0 Å². The fourth-order valence-electron chi connectivity index (χ4n) is 0.469. The van der Waals surface area contributed by atoms with Gasteiger partial charge in [-0.25, -0.2) is 5.53 Å². The highest BCUT2D eigenvalue weighted by Crippen LogP contribution is 1.88. The number of amidine groups is 1. The summed E-state index contributed by atoms with van der Waals surface area (Å²) in [5, 5.41) is 6.94. The maximum absolute atomic E-state index is 6.66. The molecule has 0 aliphatic heterocycles. The summed E-state index contributed by atoms with van der Waals surface area (Å²) in [5.74, 6) is 0.487. The molecule has 0 aromatic heterocycles. The zero-order chi connectivity index (χ0) is 7.82. The second kappa shape index (κ2) is 5.94. The van der Waals surface area contributed by atoms with Gasteiger partial charge in [0.2, 0.25) is 0 Å². The maximum Gasteiger partial charge on any atom is 0.173 e. The summed E-state index contributed by atoms with van der Waals surface area (Å²) < 4.78 is 0. The molecule has 0 unspecified atom stereocenters. The molecule has 0 aliphatic carbocycles. The number of rotatable bonds is 3. The molecule has 0 bridgehead atoms. The summed E-state index contributed by atoms with van der Waals surface area (Å²) in [5.41, 5.74) is 9.23. The van der Waals surface area contributed by atoms with Crippen LogP contribution in [0.25, 0.3) is 0 Å². The molecule has 0 aromatic rings. The number of hydrogen-bond acceptors (Lipinski definition) is 3. The van der Waals surface area contributed by atoms with Gasteiger partial charge in [-0.05, 0) is 6.92 Å². The van der Waals surface area contributed by atoms with Gasteiger partial charge in [0, 0.05) is 13.5 Å². The third-order valence-corrected chi connectivity index (χ3v) is 0.906. The average Bonchev–Trinajstić information content (AvgIpc) is 1.98. The molecule has 2 N–H and O–H groups in total. The summed E-state index contributed by atoms with van der Waals surface area (Å²) in [7, 11) is 1.68. The Bertz CT molecular complexity index is 148. The number of allylic oxidation sites excluding steroid dienone is 1. The molecule has 0 spiro atoms. The standard InChI is InChI=1S/C6H12N4/c1-3-4-5-6(9-7)10-8-2/h3-4,7-8H,5H2,1-2H3/b4-3-,9-7?,10-6-. The van der Waals surface area contributed by atoms with E-state index in [-0.39, 0.29) is 0 Å². The van der Waals surface area contributed by atoms with Crippen molar-refractivity contribution in [2.75, 3.05) is 7.05 Å². The van der Waals surface area contributed by atoms with Crippen LogP contribution in [0.5, 0.6) is 0 Å². The Kier molecular flexibility index (Phi) is 5.23. The average molecular weight is 140 g/mol. The van der Waals surface area contributed by atoms with Gasteiger partial charge >= 0.3 is 0 Å². The first-order valence-corrected chi connectivity index (χ1v) is 3.07. The number of hydrogen-bond donors (Lipinski definition) is 2. The molecule has 0 aromatic carbocycles. The van der Waals surface area contributed by atoms with Crippen LogP contribution < -0.4 is 5.43 Å². The third-order valence-electron chi connectivity index (χ3n) is 0.906. The van der Waals surface area contributed by atoms with Crippen LogP contribution in [0.1, 0.15) is 13.3 Å². The lowest BCUT2D eigenvalue weighted by Crippen LogP contribution is -2.00. The lowest BCUT2D eigenvalue weighted by Gasteiger charge is -1.91. The van der Waals surface area contributed by atoms with Crippen LogP contribution in [0.2, 0.25) is 0 Å². The van der Waals surface area contributed by atoms with Crippen LogP contribution >= 0.6 is 0 Å². The van der Waals surface area contributed by atoms with Crippen LogP contribution in [0, 0.1) is 5.53 Å². The molecular weight excluding hydrogens is 128 g/mol. The van der Waals surface area contributed by atoms with E-state index in [0.29, 0.717) is 12.3 Å². The first kappa shape index (κ1) is 8.81. The SMILES string of the molecule is C/C=C\C/C(N=N)=N/NC. The normalized spacial score (nSPS) is 12.0. The highest BCUT2D eigenvalue weighted by Gasteiger charge is 1.89. The van der Waals surface area contributed by atoms with E-state index in [1.54, 1.807) is 7.05 Å². The Labute approximate surface area is 60.5 Å². The lowest BCUT2D eigenvalue weighted by atomic mass is 10.4. The van der Waals surface area contributed by atoms with Crippen molar-refractivity contribution in [1.82, 2.24) is 5.43 Å². The lowest BCUT2D eigenvalue weighted by molar-refractivity contribution is 0.884. The molecule has 56 valence electrons. The van der Waals surface area contributed by atoms with E-state index in [1.807, 2.05) is 19.1 Å². The van der Waals surface area contributed by atoms with Gasteiger partial charge in [-0.15, -0.1) is 5.11 Å². The fraction of sp³-hybridized carbons (Fsp3) is 0.500. The van der Waals surface area contributed by atoms with Crippen molar-refractivity contribution in [3.63, 3.8) is 0 Å². The molecule has 4 nitrogen and oxygen atoms in total. The van der Waals surface area contributed by atoms with Gasteiger partial charge in [-0.3, -0.25) is 0 Å². The summed E-state index contributed by atoms with van der Waals surface area (Å²) in [6, 6.07) is 0. The Hall–Kier alpha value is -1.19. The van der Waals surface area contributed by atoms with Crippen molar-refractivity contribution in [2.24, 2.45) is 10.2 Å². The predicted molar refractivity (Wildman–Crippen MR) is 41.1 cm³/mol. The van der Waals surface area contributed by atoms with Crippen LogP contribution in [-0.4, -0.2) is 12.9 Å². The van der Waals surface area contributed by atoms with Gasteiger partial charge < -0.3 is 5.43 Å². The minimum absolute atomic E-state index is 0.487. The zero-order valence-corrected chi connectivity index (χ0v) is 6.26. The second-order valence-corrected chi connectivity index (χ2v) is 1.64. The molecule has 0 amide bonds. The molecule has 0 atom stereocenters. The van der Waals surface area contributed by atoms with Crippen molar-refractivity contribution < 1.29 is 0 Å². The first-order chi connectivity index (χ1) is 4.85. The van der Waals surface area contributed by atoms with Crippen molar-refractivity contribution in [1.29, 1.82) is 5.53 Å². The van der Waals surface area contributed by atoms with Crippen LogP contribution in [0.15, 0.2) is 22.4 Å². The van der Waals surface area contributed by atoms with Gasteiger partial charge in [0.05, 0.1) is 0 Å². The first-order valence-electron chi connectivity index (χ1n) is 3.07. The zero-order valence-electron chi connectivity index (χ0n) is 6.26. The van der Waals surface area contributed by atoms with Crippen molar-refractivity contribution in [3.05, 3.63) is 12.2 Å². The van der Waals surface area contributed by atoms with Gasteiger partial charge in [0.25, 0.3) is 0 Å². The van der Waals surface area contributed by atoms with Crippen LogP contribution in [0.3, 0.4) is 0 Å². The van der Waals surface area contributed by atoms with E-state index in [9.17, 15) is 0 Å². The Balaban J connectivity index is 3.82. The fourth-order valence-corrected chi connectivity index (χ4v) is 0.469. The quantitative estimate of drug-likeness (QED) is 0.202. The Morgan fingerprint density at radius 2 is 2.40 bits per heavy atom. The largest absolute Gasteiger partial charge is 0.311 e. The molecule has 0 rings (SSSR count). The van der Waals surface area contributed by atoms with E-state index in [0.717, 1.165) is 0 Å². The maximum atomic E-state index is 6.66. The highest BCUT2D eigenvalue weighted by molar-refractivity contribution is 5.83. The topological polar surface area (TPSA) is 60.6 Å². The van der Waals surface area contributed by atoms with Gasteiger partial charge in [0.1, 0.15) is 0 Å². The van der Waals surface area contributed by atoms with E-state index >= 15 is 0 Å². The highest BCUT2D eigenvalue weighted by atomic mass is 15.3. The minimum atomic E-state index is 0.487. The molecule has 0 saturated heterocycles. The summed E-state index contributed by atoms with van der Waals surface area (Å²) in [6.07, 6.45) is 4.41. The smallest absolute Gasteiger partial charge is 0.173 e. The number of nitrogens with zero attached hydrogens (tertiary/aromatic N) is 2. The molecule has 0 radical (unpaired) electrons. The molecule has 10 heavy (non-hydrogen) atoms. The van der Waals surface area contributed by atoms with Crippen LogP contribution in [-0.2, 0) is 0 Å². The Morgan fingerprint density at radius 1 is 1.70 bits per heavy atom. The molecule has 0 heterocycles.